The second kappa shape index (κ2) is 7.07. The Hall–Kier alpha value is -2.03. The molecule has 1 unspecified atom stereocenters. The minimum absolute atomic E-state index is 0.217. The van der Waals surface area contributed by atoms with E-state index in [0.717, 1.165) is 36.5 Å². The average Bonchev–Trinajstić information content (AvgIpc) is 3.35. The Morgan fingerprint density at radius 1 is 1.40 bits per heavy atom. The number of thiophene rings is 1. The van der Waals surface area contributed by atoms with Crippen LogP contribution in [0.1, 0.15) is 34.2 Å². The summed E-state index contributed by atoms with van der Waals surface area (Å²) in [4.78, 5) is 19.3. The van der Waals surface area contributed by atoms with E-state index in [-0.39, 0.29) is 5.91 Å². The summed E-state index contributed by atoms with van der Waals surface area (Å²) in [6, 6.07) is 6.22. The smallest absolute Gasteiger partial charge is 0.277 e. The molecule has 0 spiro atoms. The average molecular weight is 374 g/mol. The first-order chi connectivity index (χ1) is 12.2. The van der Waals surface area contributed by atoms with Gasteiger partial charge in [0, 0.05) is 23.0 Å². The number of aryl methyl sites for hydroxylation is 1. The zero-order valence-electron chi connectivity index (χ0n) is 13.9. The molecule has 1 aliphatic rings. The van der Waals surface area contributed by atoms with Gasteiger partial charge in [-0.1, -0.05) is 0 Å². The van der Waals surface area contributed by atoms with Crippen molar-refractivity contribution in [3.05, 3.63) is 40.3 Å². The molecule has 1 saturated heterocycles. The fraction of sp³-hybridized carbons (Fsp3) is 0.353. The second-order valence-corrected chi connectivity index (χ2v) is 8.23. The highest BCUT2D eigenvalue weighted by molar-refractivity contribution is 7.17. The first-order valence-corrected chi connectivity index (χ1v) is 9.98. The molecule has 6 nitrogen and oxygen atoms in total. The lowest BCUT2D eigenvalue weighted by Gasteiger charge is -2.22. The van der Waals surface area contributed by atoms with Crippen LogP contribution in [0, 0.1) is 6.92 Å². The third kappa shape index (κ3) is 3.65. The maximum atomic E-state index is 12.4. The van der Waals surface area contributed by atoms with Crippen molar-refractivity contribution in [1.29, 1.82) is 0 Å². The lowest BCUT2D eigenvalue weighted by Crippen LogP contribution is -2.32. The van der Waals surface area contributed by atoms with Gasteiger partial charge in [0.05, 0.1) is 16.6 Å². The molecule has 8 heteroatoms. The first kappa shape index (κ1) is 16.4. The minimum Gasteiger partial charge on any atom is -0.315 e. The Balaban J connectivity index is 1.43. The fourth-order valence-electron chi connectivity index (χ4n) is 2.90. The number of hydrogen-bond acceptors (Lipinski definition) is 6. The van der Waals surface area contributed by atoms with Crippen LogP contribution in [0.15, 0.2) is 29.8 Å². The molecular weight excluding hydrogens is 354 g/mol. The van der Waals surface area contributed by atoms with Gasteiger partial charge in [0.15, 0.2) is 10.8 Å². The number of nitrogens with zero attached hydrogens (tertiary/aromatic N) is 3. The number of carbonyl (C=O) groups is 1. The van der Waals surface area contributed by atoms with E-state index in [1.807, 2.05) is 16.3 Å². The number of rotatable bonds is 4. The van der Waals surface area contributed by atoms with E-state index in [1.165, 1.54) is 16.2 Å². The molecule has 0 aliphatic carbocycles. The maximum Gasteiger partial charge on any atom is 0.277 e. The summed E-state index contributed by atoms with van der Waals surface area (Å²) in [6.45, 7) is 4.03. The van der Waals surface area contributed by atoms with E-state index in [1.54, 1.807) is 17.4 Å². The van der Waals surface area contributed by atoms with Crippen molar-refractivity contribution >= 4 is 33.7 Å². The van der Waals surface area contributed by atoms with Gasteiger partial charge in [0.2, 0.25) is 0 Å². The van der Waals surface area contributed by atoms with Gasteiger partial charge in [-0.3, -0.25) is 14.8 Å². The van der Waals surface area contributed by atoms with E-state index in [4.69, 9.17) is 0 Å². The third-order valence-corrected chi connectivity index (χ3v) is 5.98. The van der Waals surface area contributed by atoms with Gasteiger partial charge in [-0.05, 0) is 44.5 Å². The van der Waals surface area contributed by atoms with Gasteiger partial charge in [0.25, 0.3) is 5.91 Å². The molecule has 25 heavy (non-hydrogen) atoms. The summed E-state index contributed by atoms with van der Waals surface area (Å²) in [7, 11) is 0. The summed E-state index contributed by atoms with van der Waals surface area (Å²) in [5.41, 5.74) is 1.33. The summed E-state index contributed by atoms with van der Waals surface area (Å²) < 4.78 is 1.89. The number of carbonyl (C=O) groups excluding carboxylic acids is 1. The molecule has 0 aromatic carbocycles. The standard InChI is InChI=1S/C17H19N5OS2/c1-11-4-5-15(25-11)14-10-24-17(19-14)20-16(23)13-6-8-22(21-13)12-3-2-7-18-9-12/h4-6,8,10,12,18H,2-3,7,9H2,1H3,(H,19,20,23). The van der Waals surface area contributed by atoms with Gasteiger partial charge in [-0.25, -0.2) is 4.98 Å². The first-order valence-electron chi connectivity index (χ1n) is 8.28. The topological polar surface area (TPSA) is 71.8 Å². The Kier molecular flexibility index (Phi) is 4.65. The summed E-state index contributed by atoms with van der Waals surface area (Å²) in [5.74, 6) is -0.217. The van der Waals surface area contributed by atoms with E-state index >= 15 is 0 Å². The van der Waals surface area contributed by atoms with E-state index in [2.05, 4.69) is 39.8 Å². The summed E-state index contributed by atoms with van der Waals surface area (Å²) in [6.07, 6.45) is 4.11. The number of hydrogen-bond donors (Lipinski definition) is 2. The number of piperidine rings is 1. The molecule has 4 heterocycles. The monoisotopic (exact) mass is 373 g/mol. The predicted molar refractivity (Wildman–Crippen MR) is 101 cm³/mol. The van der Waals surface area contributed by atoms with E-state index in [9.17, 15) is 4.79 Å². The predicted octanol–water partition coefficient (Wildman–Crippen LogP) is 3.55. The van der Waals surface area contributed by atoms with Crippen LogP contribution in [-0.4, -0.2) is 33.8 Å². The van der Waals surface area contributed by atoms with Crippen molar-refractivity contribution in [2.24, 2.45) is 0 Å². The van der Waals surface area contributed by atoms with Crippen LogP contribution in [0.4, 0.5) is 5.13 Å². The molecule has 0 bridgehead atoms. The third-order valence-electron chi connectivity index (χ3n) is 4.20. The Morgan fingerprint density at radius 3 is 3.08 bits per heavy atom. The molecule has 3 aromatic heterocycles. The van der Waals surface area contributed by atoms with Crippen LogP contribution in [0.3, 0.4) is 0 Å². The normalized spacial score (nSPS) is 17.6. The van der Waals surface area contributed by atoms with E-state index < -0.39 is 0 Å². The zero-order chi connectivity index (χ0) is 17.2. The lowest BCUT2D eigenvalue weighted by molar-refractivity contribution is 0.102. The zero-order valence-corrected chi connectivity index (χ0v) is 15.5. The SMILES string of the molecule is Cc1ccc(-c2csc(NC(=O)c3ccn(C4CCCNC4)n3)n2)s1. The highest BCUT2D eigenvalue weighted by Gasteiger charge is 2.18. The quantitative estimate of drug-likeness (QED) is 0.734. The molecule has 1 aliphatic heterocycles. The molecule has 0 radical (unpaired) electrons. The van der Waals surface area contributed by atoms with Crippen LogP contribution < -0.4 is 10.6 Å². The van der Waals surface area contributed by atoms with Crippen molar-refractivity contribution in [3.63, 3.8) is 0 Å². The van der Waals surface area contributed by atoms with Crippen LogP contribution in [-0.2, 0) is 0 Å². The summed E-state index contributed by atoms with van der Waals surface area (Å²) in [5, 5.41) is 13.2. The van der Waals surface area contributed by atoms with Crippen molar-refractivity contribution in [2.45, 2.75) is 25.8 Å². The van der Waals surface area contributed by atoms with Gasteiger partial charge < -0.3 is 5.32 Å². The van der Waals surface area contributed by atoms with Crippen LogP contribution in [0.2, 0.25) is 0 Å². The Bertz CT molecular complexity index is 875. The van der Waals surface area contributed by atoms with Crippen molar-refractivity contribution < 1.29 is 4.79 Å². The van der Waals surface area contributed by atoms with Crippen LogP contribution >= 0.6 is 22.7 Å². The molecule has 1 amide bonds. The van der Waals surface area contributed by atoms with Gasteiger partial charge in [0.1, 0.15) is 0 Å². The Labute approximate surface area is 153 Å². The molecule has 4 rings (SSSR count). The maximum absolute atomic E-state index is 12.4. The molecule has 2 N–H and O–H groups in total. The molecular formula is C17H19N5OS2. The highest BCUT2D eigenvalue weighted by atomic mass is 32.1. The number of nitrogens with one attached hydrogen (secondary N) is 2. The largest absolute Gasteiger partial charge is 0.315 e. The number of thiazole rings is 1. The molecule has 0 saturated carbocycles. The van der Waals surface area contributed by atoms with Gasteiger partial charge in [-0.15, -0.1) is 22.7 Å². The molecule has 1 fully saturated rings. The number of anilines is 1. The van der Waals surface area contributed by atoms with Crippen molar-refractivity contribution in [1.82, 2.24) is 20.1 Å². The van der Waals surface area contributed by atoms with E-state index in [0.29, 0.717) is 16.9 Å². The number of aromatic nitrogens is 3. The number of amides is 1. The Morgan fingerprint density at radius 2 is 2.32 bits per heavy atom. The van der Waals surface area contributed by atoms with Gasteiger partial charge >= 0.3 is 0 Å². The second-order valence-electron chi connectivity index (χ2n) is 6.08. The molecule has 1 atom stereocenters. The van der Waals surface area contributed by atoms with Crippen molar-refractivity contribution in [3.8, 4) is 10.6 Å². The molecule has 3 aromatic rings. The summed E-state index contributed by atoms with van der Waals surface area (Å²) >= 11 is 3.13. The van der Waals surface area contributed by atoms with Gasteiger partial charge in [-0.2, -0.15) is 5.10 Å². The lowest BCUT2D eigenvalue weighted by atomic mass is 10.1. The van der Waals surface area contributed by atoms with Crippen LogP contribution in [0.5, 0.6) is 0 Å². The van der Waals surface area contributed by atoms with Crippen LogP contribution in [0.25, 0.3) is 10.6 Å². The van der Waals surface area contributed by atoms with Crippen molar-refractivity contribution in [2.75, 3.05) is 18.4 Å². The molecule has 130 valence electrons. The fourth-order valence-corrected chi connectivity index (χ4v) is 4.51. The minimum atomic E-state index is -0.217. The highest BCUT2D eigenvalue weighted by Crippen LogP contribution is 2.30.